The minimum absolute atomic E-state index is 0.0225. The first-order chi connectivity index (χ1) is 13.5. The zero-order valence-corrected chi connectivity index (χ0v) is 16.7. The molecule has 4 rings (SSSR count). The van der Waals surface area contributed by atoms with Crippen LogP contribution in [-0.4, -0.2) is 48.7 Å². The molecule has 0 bridgehead atoms. The molecule has 0 radical (unpaired) electrons. The van der Waals surface area contributed by atoms with Crippen LogP contribution in [0.2, 0.25) is 0 Å². The average Bonchev–Trinajstić information content (AvgIpc) is 3.05. The summed E-state index contributed by atoms with van der Waals surface area (Å²) in [4.78, 5) is 15.2. The van der Waals surface area contributed by atoms with Crippen LogP contribution < -0.4 is 10.1 Å². The summed E-state index contributed by atoms with van der Waals surface area (Å²) in [5.41, 5.74) is 4.12. The molecule has 3 aromatic rings. The van der Waals surface area contributed by atoms with Gasteiger partial charge in [-0.15, -0.1) is 0 Å². The topological polar surface area (TPSA) is 46.5 Å². The van der Waals surface area contributed by atoms with Gasteiger partial charge in [-0.05, 0) is 44.6 Å². The van der Waals surface area contributed by atoms with Crippen molar-refractivity contribution in [1.29, 1.82) is 0 Å². The van der Waals surface area contributed by atoms with Crippen LogP contribution >= 0.6 is 0 Å². The lowest BCUT2D eigenvalue weighted by atomic mass is 9.99. The summed E-state index contributed by atoms with van der Waals surface area (Å²) >= 11 is 0. The second-order valence-corrected chi connectivity index (χ2v) is 7.81. The van der Waals surface area contributed by atoms with E-state index in [1.165, 1.54) is 0 Å². The smallest absolute Gasteiger partial charge is 0.253 e. The molecule has 1 atom stereocenters. The number of amides is 1. The minimum atomic E-state index is -0.0375. The fourth-order valence-electron chi connectivity index (χ4n) is 3.87. The Balaban J connectivity index is 1.55. The van der Waals surface area contributed by atoms with Crippen molar-refractivity contribution in [2.24, 2.45) is 0 Å². The van der Waals surface area contributed by atoms with Crippen molar-refractivity contribution in [2.75, 3.05) is 27.2 Å². The number of nitrogens with zero attached hydrogens (tertiary/aromatic N) is 2. The SMILES string of the molecule is Cc1cccc2c1OCC(NC(=O)c1cn(CCN(C)C)c3ccccc13)C2. The van der Waals surface area contributed by atoms with E-state index in [0.717, 1.165) is 52.9 Å². The van der Waals surface area contributed by atoms with Crippen molar-refractivity contribution in [2.45, 2.75) is 25.9 Å². The molecular formula is C23H27N3O2. The maximum atomic E-state index is 13.1. The van der Waals surface area contributed by atoms with Crippen LogP contribution in [0.5, 0.6) is 5.75 Å². The van der Waals surface area contributed by atoms with Crippen LogP contribution in [0.15, 0.2) is 48.7 Å². The largest absolute Gasteiger partial charge is 0.491 e. The maximum absolute atomic E-state index is 13.1. The fourth-order valence-corrected chi connectivity index (χ4v) is 3.87. The number of likely N-dealkylation sites (N-methyl/N-ethyl adjacent to an activating group) is 1. The van der Waals surface area contributed by atoms with Crippen LogP contribution in [0.25, 0.3) is 10.9 Å². The molecule has 1 aliphatic heterocycles. The summed E-state index contributed by atoms with van der Waals surface area (Å²) in [5, 5.41) is 4.17. The lowest BCUT2D eigenvalue weighted by molar-refractivity contribution is 0.0916. The number of aryl methyl sites for hydroxylation is 1. The molecule has 2 aromatic carbocycles. The van der Waals surface area contributed by atoms with Crippen molar-refractivity contribution >= 4 is 16.8 Å². The Bertz CT molecular complexity index is 1010. The van der Waals surface area contributed by atoms with Crippen molar-refractivity contribution in [3.63, 3.8) is 0 Å². The number of ether oxygens (including phenoxy) is 1. The van der Waals surface area contributed by atoms with Gasteiger partial charge in [-0.1, -0.05) is 36.4 Å². The number of fused-ring (bicyclic) bond motifs is 2. The van der Waals surface area contributed by atoms with Gasteiger partial charge < -0.3 is 19.5 Å². The first kappa shape index (κ1) is 18.6. The van der Waals surface area contributed by atoms with E-state index in [4.69, 9.17) is 4.74 Å². The Morgan fingerprint density at radius 2 is 2.04 bits per heavy atom. The first-order valence-corrected chi connectivity index (χ1v) is 9.77. The van der Waals surface area contributed by atoms with Gasteiger partial charge in [0, 0.05) is 30.2 Å². The normalized spacial score (nSPS) is 16.1. The molecule has 1 N–H and O–H groups in total. The Morgan fingerprint density at radius 3 is 2.86 bits per heavy atom. The zero-order chi connectivity index (χ0) is 19.7. The van der Waals surface area contributed by atoms with Crippen LogP contribution in [0.1, 0.15) is 21.5 Å². The van der Waals surface area contributed by atoms with Gasteiger partial charge in [-0.25, -0.2) is 0 Å². The summed E-state index contributed by atoms with van der Waals surface area (Å²) in [5.74, 6) is 0.929. The van der Waals surface area contributed by atoms with Crippen molar-refractivity contribution in [3.05, 3.63) is 65.4 Å². The highest BCUT2D eigenvalue weighted by Crippen LogP contribution is 2.28. The molecule has 1 unspecified atom stereocenters. The number of benzene rings is 2. The average molecular weight is 377 g/mol. The number of nitrogens with one attached hydrogen (secondary N) is 1. The third kappa shape index (κ3) is 3.62. The number of hydrogen-bond acceptors (Lipinski definition) is 3. The Hall–Kier alpha value is -2.79. The molecule has 0 spiro atoms. The van der Waals surface area contributed by atoms with Gasteiger partial charge >= 0.3 is 0 Å². The predicted octanol–water partition coefficient (Wildman–Crippen LogP) is 3.24. The number of hydrogen-bond donors (Lipinski definition) is 1. The van der Waals surface area contributed by atoms with Crippen LogP contribution in [-0.2, 0) is 13.0 Å². The van der Waals surface area contributed by atoms with E-state index < -0.39 is 0 Å². The summed E-state index contributed by atoms with van der Waals surface area (Å²) in [6.07, 6.45) is 2.77. The van der Waals surface area contributed by atoms with Gasteiger partial charge in [0.2, 0.25) is 0 Å². The van der Waals surface area contributed by atoms with Crippen LogP contribution in [0.4, 0.5) is 0 Å². The molecule has 1 amide bonds. The van der Waals surface area contributed by atoms with Crippen molar-refractivity contribution < 1.29 is 9.53 Å². The highest BCUT2D eigenvalue weighted by molar-refractivity contribution is 6.07. The van der Waals surface area contributed by atoms with Gasteiger partial charge in [0.15, 0.2) is 0 Å². The summed E-state index contributed by atoms with van der Waals surface area (Å²) in [6.45, 7) is 4.33. The minimum Gasteiger partial charge on any atom is -0.491 e. The van der Waals surface area contributed by atoms with Crippen LogP contribution in [0.3, 0.4) is 0 Å². The van der Waals surface area contributed by atoms with E-state index in [-0.39, 0.29) is 11.9 Å². The molecule has 1 aromatic heterocycles. The Morgan fingerprint density at radius 1 is 1.21 bits per heavy atom. The summed E-state index contributed by atoms with van der Waals surface area (Å²) in [6, 6.07) is 14.2. The Labute approximate surface area is 165 Å². The fraction of sp³-hybridized carbons (Fsp3) is 0.348. The molecule has 2 heterocycles. The third-order valence-corrected chi connectivity index (χ3v) is 5.35. The predicted molar refractivity (Wildman–Crippen MR) is 112 cm³/mol. The van der Waals surface area contributed by atoms with Gasteiger partial charge in [0.05, 0.1) is 11.6 Å². The standard InChI is InChI=1S/C23H27N3O2/c1-16-7-6-8-17-13-18(15-28-22(16)17)24-23(27)20-14-26(12-11-25(2)3)21-10-5-4-9-19(20)21/h4-10,14,18H,11-13,15H2,1-3H3,(H,24,27). The number of carbonyl (C=O) groups excluding carboxylic acids is 1. The quantitative estimate of drug-likeness (QED) is 0.743. The molecule has 0 saturated carbocycles. The lowest BCUT2D eigenvalue weighted by Crippen LogP contribution is -2.42. The maximum Gasteiger partial charge on any atom is 0.253 e. The van der Waals surface area contributed by atoms with E-state index in [0.29, 0.717) is 6.61 Å². The molecule has 0 fully saturated rings. The van der Waals surface area contributed by atoms with E-state index in [2.05, 4.69) is 54.0 Å². The molecule has 28 heavy (non-hydrogen) atoms. The molecule has 146 valence electrons. The van der Waals surface area contributed by atoms with Crippen LogP contribution in [0, 0.1) is 6.92 Å². The first-order valence-electron chi connectivity index (χ1n) is 9.77. The molecule has 5 nitrogen and oxygen atoms in total. The molecule has 5 heteroatoms. The molecule has 0 saturated heterocycles. The second-order valence-electron chi connectivity index (χ2n) is 7.81. The van der Waals surface area contributed by atoms with Gasteiger partial charge in [0.1, 0.15) is 12.4 Å². The van der Waals surface area contributed by atoms with Crippen molar-refractivity contribution in [3.8, 4) is 5.75 Å². The third-order valence-electron chi connectivity index (χ3n) is 5.35. The number of carbonyl (C=O) groups is 1. The molecule has 0 aliphatic carbocycles. The molecule has 1 aliphatic rings. The van der Waals surface area contributed by atoms with Crippen molar-refractivity contribution in [1.82, 2.24) is 14.8 Å². The van der Waals surface area contributed by atoms with E-state index in [1.54, 1.807) is 0 Å². The molecular weight excluding hydrogens is 350 g/mol. The van der Waals surface area contributed by atoms with E-state index >= 15 is 0 Å². The highest BCUT2D eigenvalue weighted by Gasteiger charge is 2.24. The van der Waals surface area contributed by atoms with E-state index in [1.807, 2.05) is 30.5 Å². The lowest BCUT2D eigenvalue weighted by Gasteiger charge is -2.27. The van der Waals surface area contributed by atoms with E-state index in [9.17, 15) is 4.79 Å². The zero-order valence-electron chi connectivity index (χ0n) is 16.7. The van der Waals surface area contributed by atoms with Gasteiger partial charge in [-0.2, -0.15) is 0 Å². The number of rotatable bonds is 5. The second kappa shape index (κ2) is 7.68. The Kier molecular flexibility index (Phi) is 5.09. The van der Waals surface area contributed by atoms with Gasteiger partial charge in [-0.3, -0.25) is 4.79 Å². The highest BCUT2D eigenvalue weighted by atomic mass is 16.5. The number of para-hydroxylation sites is 2. The monoisotopic (exact) mass is 377 g/mol. The van der Waals surface area contributed by atoms with Gasteiger partial charge in [0.25, 0.3) is 5.91 Å². The summed E-state index contributed by atoms with van der Waals surface area (Å²) < 4.78 is 8.10. The number of aromatic nitrogens is 1. The summed E-state index contributed by atoms with van der Waals surface area (Å²) in [7, 11) is 4.11.